The summed E-state index contributed by atoms with van der Waals surface area (Å²) in [5.41, 5.74) is 6.72. The van der Waals surface area contributed by atoms with Crippen LogP contribution in [0.25, 0.3) is 11.1 Å². The van der Waals surface area contributed by atoms with Crippen molar-refractivity contribution in [1.29, 1.82) is 0 Å². The molecule has 0 bridgehead atoms. The molecule has 3 atom stereocenters. The van der Waals surface area contributed by atoms with Gasteiger partial charge in [0.15, 0.2) is 6.29 Å². The first-order valence-electron chi connectivity index (χ1n) is 17.9. The van der Waals surface area contributed by atoms with Crippen LogP contribution in [-0.2, 0) is 32.2 Å². The van der Waals surface area contributed by atoms with E-state index in [-0.39, 0.29) is 42.6 Å². The van der Waals surface area contributed by atoms with E-state index in [1.165, 1.54) is 0 Å². The van der Waals surface area contributed by atoms with E-state index in [9.17, 15) is 24.8 Å². The van der Waals surface area contributed by atoms with Gasteiger partial charge >= 0.3 is 12.0 Å². The highest BCUT2D eigenvalue weighted by molar-refractivity contribution is 5.80. The topological polar surface area (TPSA) is 156 Å². The summed E-state index contributed by atoms with van der Waals surface area (Å²) < 4.78 is 18.1. The third kappa shape index (κ3) is 10.2. The number of esters is 1. The number of hydrogen-bond donors (Lipinski definition) is 3. The molecule has 0 unspecified atom stereocenters. The van der Waals surface area contributed by atoms with Crippen LogP contribution in [0, 0.1) is 10.1 Å². The van der Waals surface area contributed by atoms with Crippen molar-refractivity contribution < 1.29 is 33.8 Å². The van der Waals surface area contributed by atoms with Gasteiger partial charge in [0.2, 0.25) is 0 Å². The number of aliphatic hydroxyl groups excluding tert-OH is 1. The lowest BCUT2D eigenvalue weighted by molar-refractivity contribution is -0.384. The number of nitrogens with one attached hydrogen (secondary N) is 2. The van der Waals surface area contributed by atoms with Gasteiger partial charge in [-0.15, -0.1) is 0 Å². The van der Waals surface area contributed by atoms with Gasteiger partial charge in [0, 0.05) is 69.1 Å². The van der Waals surface area contributed by atoms with Gasteiger partial charge in [-0.3, -0.25) is 19.8 Å². The van der Waals surface area contributed by atoms with Crippen molar-refractivity contribution in [1.82, 2.24) is 15.5 Å². The molecule has 0 radical (unpaired) electrons. The van der Waals surface area contributed by atoms with Crippen LogP contribution in [0.5, 0.6) is 0 Å². The Balaban J connectivity index is 1.09. The number of non-ortho nitro benzene ring substituents is 1. The van der Waals surface area contributed by atoms with Gasteiger partial charge in [-0.05, 0) is 52.9 Å². The zero-order chi connectivity index (χ0) is 37.2. The van der Waals surface area contributed by atoms with Crippen LogP contribution in [-0.4, -0.2) is 78.9 Å². The molecule has 6 rings (SSSR count). The quantitative estimate of drug-likeness (QED) is 0.0917. The van der Waals surface area contributed by atoms with Gasteiger partial charge in [0.25, 0.3) is 5.69 Å². The molecule has 0 aliphatic carbocycles. The predicted octanol–water partition coefficient (Wildman–Crippen LogP) is 5.48. The van der Waals surface area contributed by atoms with Crippen molar-refractivity contribution in [2.75, 3.05) is 50.8 Å². The average Bonchev–Trinajstić information content (AvgIpc) is 3.20. The number of carbonyl (C=O) groups excluding carboxylic acids is 2. The highest BCUT2D eigenvalue weighted by atomic mass is 16.7. The Bertz CT molecular complexity index is 1830. The van der Waals surface area contributed by atoms with E-state index in [0.29, 0.717) is 13.0 Å². The Morgan fingerprint density at radius 3 is 2.26 bits per heavy atom. The third-order valence-corrected chi connectivity index (χ3v) is 9.47. The van der Waals surface area contributed by atoms with E-state index >= 15 is 0 Å². The van der Waals surface area contributed by atoms with E-state index in [0.717, 1.165) is 71.8 Å². The average molecular weight is 724 g/mol. The van der Waals surface area contributed by atoms with E-state index in [1.807, 2.05) is 84.9 Å². The number of rotatable bonds is 13. The van der Waals surface area contributed by atoms with Crippen LogP contribution in [0.15, 0.2) is 97.1 Å². The van der Waals surface area contributed by atoms with Crippen LogP contribution in [0.2, 0.25) is 0 Å². The number of anilines is 1. The molecule has 53 heavy (non-hydrogen) atoms. The van der Waals surface area contributed by atoms with Crippen molar-refractivity contribution in [2.24, 2.45) is 0 Å². The molecule has 4 aromatic rings. The van der Waals surface area contributed by atoms with E-state index in [1.54, 1.807) is 19.1 Å². The molecule has 2 fully saturated rings. The zero-order valence-electron chi connectivity index (χ0n) is 29.7. The van der Waals surface area contributed by atoms with E-state index < -0.39 is 18.3 Å². The number of aliphatic hydroxyl groups is 1. The van der Waals surface area contributed by atoms with Crippen LogP contribution in [0.4, 0.5) is 16.2 Å². The molecule has 13 nitrogen and oxygen atoms in total. The largest absolute Gasteiger partial charge is 0.465 e. The number of carbonyl (C=O) groups is 2. The molecular formula is C40H45N5O8. The molecule has 3 N–H and O–H groups in total. The number of benzene rings is 4. The number of amides is 2. The number of nitro groups is 1. The van der Waals surface area contributed by atoms with E-state index in [4.69, 9.17) is 14.2 Å². The molecule has 2 aliphatic rings. The number of hydrogen-bond acceptors (Lipinski definition) is 10. The summed E-state index contributed by atoms with van der Waals surface area (Å²) in [4.78, 5) is 39.0. The maximum absolute atomic E-state index is 12.2. The summed E-state index contributed by atoms with van der Waals surface area (Å²) in [6.07, 6.45) is -0.209. The molecule has 0 aromatic heterocycles. The summed E-state index contributed by atoms with van der Waals surface area (Å²) in [5.74, 6) is -0.489. The molecular weight excluding hydrogens is 678 g/mol. The summed E-state index contributed by atoms with van der Waals surface area (Å²) in [6.45, 7) is 6.05. The number of urea groups is 1. The standard InChI is InChI=1S/C40H45N5O8/c1-2-51-38(47)25-42-40(48)41-24-29-4-3-5-33(22-29)30-10-12-32(13-11-30)39-52-36(23-37(53-39)31-8-6-28(27-46)7-9-31)26-43-18-20-44(21-19-43)34-14-16-35(17-15-34)45(49)50/h3-17,22,36-37,39,46H,2,18-21,23-27H2,1H3,(H2,41,42,48)/t36-,37+,39+/m1/s1. The van der Waals surface area contributed by atoms with Gasteiger partial charge in [-0.2, -0.15) is 0 Å². The highest BCUT2D eigenvalue weighted by Gasteiger charge is 2.34. The Labute approximate surface area is 308 Å². The fourth-order valence-corrected chi connectivity index (χ4v) is 6.60. The van der Waals surface area contributed by atoms with Crippen LogP contribution >= 0.6 is 0 Å². The second-order valence-electron chi connectivity index (χ2n) is 13.1. The summed E-state index contributed by atoms with van der Waals surface area (Å²) in [6, 6.07) is 30.1. The smallest absolute Gasteiger partial charge is 0.325 e. The van der Waals surface area contributed by atoms with Crippen LogP contribution in [0.3, 0.4) is 0 Å². The molecule has 2 amide bonds. The van der Waals surface area contributed by atoms with Crippen molar-refractivity contribution >= 4 is 23.4 Å². The molecule has 0 saturated carbocycles. The minimum absolute atomic E-state index is 0.0236. The van der Waals surface area contributed by atoms with Gasteiger partial charge in [0.1, 0.15) is 6.54 Å². The number of piperazine rings is 1. The van der Waals surface area contributed by atoms with Crippen molar-refractivity contribution in [3.8, 4) is 11.1 Å². The molecule has 4 aromatic carbocycles. The van der Waals surface area contributed by atoms with Gasteiger partial charge in [-0.1, -0.05) is 66.7 Å². The normalized spacial score (nSPS) is 19.0. The van der Waals surface area contributed by atoms with Crippen LogP contribution in [0.1, 0.15) is 48.0 Å². The maximum atomic E-state index is 12.2. The van der Waals surface area contributed by atoms with Crippen molar-refractivity contribution in [2.45, 2.75) is 45.0 Å². The van der Waals surface area contributed by atoms with Gasteiger partial charge < -0.3 is 34.9 Å². The first kappa shape index (κ1) is 37.4. The zero-order valence-corrected chi connectivity index (χ0v) is 29.7. The highest BCUT2D eigenvalue weighted by Crippen LogP contribution is 2.39. The lowest BCUT2D eigenvalue weighted by Gasteiger charge is -2.41. The van der Waals surface area contributed by atoms with Gasteiger partial charge in [0.05, 0.1) is 30.3 Å². The Morgan fingerprint density at radius 1 is 0.868 bits per heavy atom. The molecule has 2 aliphatic heterocycles. The van der Waals surface area contributed by atoms with Gasteiger partial charge in [-0.25, -0.2) is 4.79 Å². The second kappa shape index (κ2) is 17.9. The lowest BCUT2D eigenvalue weighted by atomic mass is 9.98. The predicted molar refractivity (Wildman–Crippen MR) is 199 cm³/mol. The monoisotopic (exact) mass is 723 g/mol. The van der Waals surface area contributed by atoms with Crippen molar-refractivity contribution in [3.63, 3.8) is 0 Å². The number of nitro benzene ring substituents is 1. The van der Waals surface area contributed by atoms with E-state index in [2.05, 4.69) is 20.4 Å². The Hall–Kier alpha value is -5.34. The first-order valence-corrected chi connectivity index (χ1v) is 17.9. The minimum atomic E-state index is -0.588. The van der Waals surface area contributed by atoms with Crippen LogP contribution < -0.4 is 15.5 Å². The number of ether oxygens (including phenoxy) is 3. The first-order chi connectivity index (χ1) is 25.8. The second-order valence-corrected chi connectivity index (χ2v) is 13.1. The summed E-state index contributed by atoms with van der Waals surface area (Å²) in [7, 11) is 0. The summed E-state index contributed by atoms with van der Waals surface area (Å²) in [5, 5.41) is 25.9. The lowest BCUT2D eigenvalue weighted by Crippen LogP contribution is -2.49. The van der Waals surface area contributed by atoms with Crippen molar-refractivity contribution in [3.05, 3.63) is 129 Å². The Kier molecular flexibility index (Phi) is 12.7. The summed E-state index contributed by atoms with van der Waals surface area (Å²) >= 11 is 0. The molecule has 0 spiro atoms. The third-order valence-electron chi connectivity index (χ3n) is 9.47. The molecule has 2 heterocycles. The SMILES string of the molecule is CCOC(=O)CNC(=O)NCc1cccc(-c2ccc([C@H]3O[C@@H](CN4CCN(c5ccc([N+](=O)[O-])cc5)CC4)C[C@@H](c4ccc(CO)cc4)O3)cc2)c1. The maximum Gasteiger partial charge on any atom is 0.325 e. The minimum Gasteiger partial charge on any atom is -0.465 e. The number of nitrogens with zero attached hydrogens (tertiary/aromatic N) is 3. The fraction of sp³-hybridized carbons (Fsp3) is 0.350. The molecule has 2 saturated heterocycles. The fourth-order valence-electron chi connectivity index (χ4n) is 6.60. The molecule has 13 heteroatoms. The Morgan fingerprint density at radius 2 is 1.58 bits per heavy atom. The molecule has 278 valence electrons.